The molecular formula is C14H20ClFN2O2. The molecule has 1 saturated heterocycles. The SMILES string of the molecule is COc1ccc(F)cc1C(=O)NC1CCNC(C)C1.Cl. The Morgan fingerprint density at radius 1 is 1.50 bits per heavy atom. The molecule has 2 unspecified atom stereocenters. The Kier molecular flexibility index (Phi) is 6.23. The van der Waals surface area contributed by atoms with Crippen LogP contribution in [-0.4, -0.2) is 31.6 Å². The highest BCUT2D eigenvalue weighted by atomic mass is 35.5. The normalized spacial score (nSPS) is 21.8. The summed E-state index contributed by atoms with van der Waals surface area (Å²) in [7, 11) is 1.47. The number of rotatable bonds is 3. The average molecular weight is 303 g/mol. The van der Waals surface area contributed by atoms with Gasteiger partial charge in [0.15, 0.2) is 0 Å². The molecule has 2 rings (SSSR count). The molecule has 20 heavy (non-hydrogen) atoms. The zero-order valence-electron chi connectivity index (χ0n) is 11.6. The molecule has 1 amide bonds. The van der Waals surface area contributed by atoms with Crippen LogP contribution in [-0.2, 0) is 0 Å². The highest BCUT2D eigenvalue weighted by molar-refractivity contribution is 5.97. The number of piperidine rings is 1. The third kappa shape index (κ3) is 4.08. The standard InChI is InChI=1S/C14H19FN2O2.ClH/c1-9-7-11(5-6-16-9)17-14(18)12-8-10(15)3-4-13(12)19-2;/h3-4,8-9,11,16H,5-7H2,1-2H3,(H,17,18);1H. The van der Waals surface area contributed by atoms with E-state index in [1.807, 2.05) is 0 Å². The van der Waals surface area contributed by atoms with Crippen molar-refractivity contribution in [3.05, 3.63) is 29.6 Å². The largest absolute Gasteiger partial charge is 0.496 e. The second-order valence-electron chi connectivity index (χ2n) is 4.89. The Balaban J connectivity index is 0.00000200. The van der Waals surface area contributed by atoms with Crippen LogP contribution in [0.2, 0.25) is 0 Å². The molecule has 112 valence electrons. The molecule has 1 aromatic rings. The first-order valence-electron chi connectivity index (χ1n) is 6.48. The van der Waals surface area contributed by atoms with Crippen LogP contribution in [0.1, 0.15) is 30.1 Å². The fourth-order valence-corrected chi connectivity index (χ4v) is 2.38. The molecule has 0 radical (unpaired) electrons. The molecule has 1 heterocycles. The minimum Gasteiger partial charge on any atom is -0.496 e. The lowest BCUT2D eigenvalue weighted by atomic mass is 10.00. The van der Waals surface area contributed by atoms with E-state index >= 15 is 0 Å². The maximum absolute atomic E-state index is 13.2. The minimum absolute atomic E-state index is 0. The minimum atomic E-state index is -0.440. The zero-order chi connectivity index (χ0) is 13.8. The Morgan fingerprint density at radius 2 is 2.25 bits per heavy atom. The van der Waals surface area contributed by atoms with Crippen LogP contribution in [0.4, 0.5) is 4.39 Å². The summed E-state index contributed by atoms with van der Waals surface area (Å²) in [5, 5.41) is 6.26. The summed E-state index contributed by atoms with van der Waals surface area (Å²) in [5.74, 6) is -0.332. The summed E-state index contributed by atoms with van der Waals surface area (Å²) < 4.78 is 18.3. The van der Waals surface area contributed by atoms with Crippen molar-refractivity contribution >= 4 is 18.3 Å². The lowest BCUT2D eigenvalue weighted by Crippen LogP contribution is -2.46. The summed E-state index contributed by atoms with van der Waals surface area (Å²) in [6.07, 6.45) is 1.76. The van der Waals surface area contributed by atoms with Crippen molar-refractivity contribution in [3.8, 4) is 5.75 Å². The molecule has 0 saturated carbocycles. The summed E-state index contributed by atoms with van der Waals surface area (Å²) in [4.78, 5) is 12.2. The Hall–Kier alpha value is -1.33. The fraction of sp³-hybridized carbons (Fsp3) is 0.500. The van der Waals surface area contributed by atoms with Crippen molar-refractivity contribution in [2.75, 3.05) is 13.7 Å². The monoisotopic (exact) mass is 302 g/mol. The second kappa shape index (κ2) is 7.45. The summed E-state index contributed by atoms with van der Waals surface area (Å²) in [6, 6.07) is 4.46. The van der Waals surface area contributed by atoms with E-state index in [4.69, 9.17) is 4.74 Å². The molecule has 2 N–H and O–H groups in total. The van der Waals surface area contributed by atoms with Crippen molar-refractivity contribution in [3.63, 3.8) is 0 Å². The first kappa shape index (κ1) is 16.7. The summed E-state index contributed by atoms with van der Waals surface area (Å²) in [6.45, 7) is 2.97. The lowest BCUT2D eigenvalue weighted by molar-refractivity contribution is 0.0922. The van der Waals surface area contributed by atoms with E-state index in [-0.39, 0.29) is 29.9 Å². The van der Waals surface area contributed by atoms with E-state index < -0.39 is 5.82 Å². The van der Waals surface area contributed by atoms with Crippen LogP contribution in [0.3, 0.4) is 0 Å². The van der Waals surface area contributed by atoms with Gasteiger partial charge in [-0.3, -0.25) is 4.79 Å². The van der Waals surface area contributed by atoms with Crippen LogP contribution in [0.15, 0.2) is 18.2 Å². The number of methoxy groups -OCH3 is 1. The third-order valence-corrected chi connectivity index (χ3v) is 3.37. The van der Waals surface area contributed by atoms with E-state index in [1.165, 1.54) is 25.3 Å². The number of benzene rings is 1. The third-order valence-electron chi connectivity index (χ3n) is 3.37. The van der Waals surface area contributed by atoms with Crippen molar-refractivity contribution in [1.82, 2.24) is 10.6 Å². The van der Waals surface area contributed by atoms with Crippen molar-refractivity contribution < 1.29 is 13.9 Å². The van der Waals surface area contributed by atoms with Gasteiger partial charge in [0.1, 0.15) is 11.6 Å². The molecule has 0 spiro atoms. The summed E-state index contributed by atoms with van der Waals surface area (Å²) in [5.41, 5.74) is 0.244. The average Bonchev–Trinajstić information content (AvgIpc) is 2.38. The Morgan fingerprint density at radius 3 is 2.90 bits per heavy atom. The van der Waals surface area contributed by atoms with Gasteiger partial charge >= 0.3 is 0 Å². The first-order chi connectivity index (χ1) is 9.10. The van der Waals surface area contributed by atoms with E-state index in [9.17, 15) is 9.18 Å². The summed E-state index contributed by atoms with van der Waals surface area (Å²) >= 11 is 0. The van der Waals surface area contributed by atoms with Crippen LogP contribution in [0.25, 0.3) is 0 Å². The van der Waals surface area contributed by atoms with Gasteiger partial charge in [0.2, 0.25) is 0 Å². The number of hydrogen-bond acceptors (Lipinski definition) is 3. The smallest absolute Gasteiger partial charge is 0.255 e. The van der Waals surface area contributed by atoms with E-state index in [2.05, 4.69) is 17.6 Å². The molecule has 4 nitrogen and oxygen atoms in total. The van der Waals surface area contributed by atoms with Crippen LogP contribution >= 0.6 is 12.4 Å². The molecule has 6 heteroatoms. The Bertz CT molecular complexity index is 470. The van der Waals surface area contributed by atoms with Crippen molar-refractivity contribution in [2.45, 2.75) is 31.8 Å². The number of amides is 1. The highest BCUT2D eigenvalue weighted by Crippen LogP contribution is 2.20. The van der Waals surface area contributed by atoms with Crippen molar-refractivity contribution in [2.24, 2.45) is 0 Å². The van der Waals surface area contributed by atoms with Crippen LogP contribution < -0.4 is 15.4 Å². The maximum Gasteiger partial charge on any atom is 0.255 e. The number of hydrogen-bond donors (Lipinski definition) is 2. The van der Waals surface area contributed by atoms with Gasteiger partial charge in [-0.05, 0) is 44.5 Å². The van der Waals surface area contributed by atoms with Gasteiger partial charge in [-0.1, -0.05) is 0 Å². The molecular weight excluding hydrogens is 283 g/mol. The quantitative estimate of drug-likeness (QED) is 0.899. The molecule has 1 aliphatic heterocycles. The molecule has 0 aliphatic carbocycles. The van der Waals surface area contributed by atoms with Gasteiger partial charge in [-0.15, -0.1) is 12.4 Å². The lowest BCUT2D eigenvalue weighted by Gasteiger charge is -2.28. The van der Waals surface area contributed by atoms with Gasteiger partial charge in [0.05, 0.1) is 12.7 Å². The predicted octanol–water partition coefficient (Wildman–Crippen LogP) is 2.13. The van der Waals surface area contributed by atoms with Gasteiger partial charge in [-0.2, -0.15) is 0 Å². The first-order valence-corrected chi connectivity index (χ1v) is 6.48. The highest BCUT2D eigenvalue weighted by Gasteiger charge is 2.22. The topological polar surface area (TPSA) is 50.4 Å². The molecule has 0 aromatic heterocycles. The van der Waals surface area contributed by atoms with Gasteiger partial charge in [-0.25, -0.2) is 4.39 Å². The van der Waals surface area contributed by atoms with Crippen LogP contribution in [0, 0.1) is 5.82 Å². The van der Waals surface area contributed by atoms with E-state index in [1.54, 1.807) is 0 Å². The molecule has 1 aliphatic rings. The number of carbonyl (C=O) groups excluding carboxylic acids is 1. The van der Waals surface area contributed by atoms with E-state index in [0.29, 0.717) is 11.8 Å². The number of halogens is 2. The maximum atomic E-state index is 13.2. The second-order valence-corrected chi connectivity index (χ2v) is 4.89. The fourth-order valence-electron chi connectivity index (χ4n) is 2.38. The molecule has 1 fully saturated rings. The molecule has 2 atom stereocenters. The zero-order valence-corrected chi connectivity index (χ0v) is 12.4. The number of nitrogens with one attached hydrogen (secondary N) is 2. The van der Waals surface area contributed by atoms with E-state index in [0.717, 1.165) is 19.4 Å². The number of ether oxygens (including phenoxy) is 1. The predicted molar refractivity (Wildman–Crippen MR) is 78.2 cm³/mol. The van der Waals surface area contributed by atoms with Crippen LogP contribution in [0.5, 0.6) is 5.75 Å². The van der Waals surface area contributed by atoms with Crippen molar-refractivity contribution in [1.29, 1.82) is 0 Å². The van der Waals surface area contributed by atoms with Gasteiger partial charge in [0, 0.05) is 12.1 Å². The van der Waals surface area contributed by atoms with Gasteiger partial charge < -0.3 is 15.4 Å². The molecule has 0 bridgehead atoms. The Labute approximate surface area is 124 Å². The molecule has 1 aromatic carbocycles. The number of carbonyl (C=O) groups is 1. The van der Waals surface area contributed by atoms with Gasteiger partial charge in [0.25, 0.3) is 5.91 Å².